The van der Waals surface area contributed by atoms with Crippen molar-refractivity contribution in [2.24, 2.45) is 5.73 Å². The summed E-state index contributed by atoms with van der Waals surface area (Å²) in [5.41, 5.74) is 9.20. The fourth-order valence-corrected chi connectivity index (χ4v) is 2.55. The van der Waals surface area contributed by atoms with Crippen molar-refractivity contribution in [1.82, 2.24) is 14.7 Å². The Kier molecular flexibility index (Phi) is 5.27. The molecule has 6 heteroatoms. The zero-order chi connectivity index (χ0) is 15.6. The second kappa shape index (κ2) is 6.79. The highest BCUT2D eigenvalue weighted by atomic mass is 35.5. The van der Waals surface area contributed by atoms with Gasteiger partial charge in [-0.2, -0.15) is 5.10 Å². The molecule has 0 spiro atoms. The predicted octanol–water partition coefficient (Wildman–Crippen LogP) is 3.11. The van der Waals surface area contributed by atoms with E-state index in [1.165, 1.54) is 0 Å². The van der Waals surface area contributed by atoms with Crippen LogP contribution in [0.3, 0.4) is 0 Å². The van der Waals surface area contributed by atoms with Crippen LogP contribution in [0.2, 0.25) is 10.0 Å². The molecular weight excluding hydrogens is 307 g/mol. The molecule has 1 aromatic carbocycles. The van der Waals surface area contributed by atoms with Crippen LogP contribution in [-0.2, 0) is 6.54 Å². The van der Waals surface area contributed by atoms with Gasteiger partial charge in [-0.3, -0.25) is 4.68 Å². The maximum atomic E-state index is 6.39. The highest BCUT2D eigenvalue weighted by Gasteiger charge is 2.19. The van der Waals surface area contributed by atoms with Crippen LogP contribution in [0.1, 0.15) is 22.9 Å². The Labute approximate surface area is 135 Å². The van der Waals surface area contributed by atoms with Crippen LogP contribution in [0, 0.1) is 6.92 Å². The molecule has 1 aromatic heterocycles. The summed E-state index contributed by atoms with van der Waals surface area (Å²) >= 11 is 12.3. The SMILES string of the molecule is Cc1cc(C(N)c2c(Cl)cnn2CCN(C)C)ccc1Cl. The molecular formula is C15H20Cl2N4. The molecule has 0 radical (unpaired) electrons. The van der Waals surface area contributed by atoms with Gasteiger partial charge in [0.05, 0.1) is 29.5 Å². The number of rotatable bonds is 5. The van der Waals surface area contributed by atoms with Crippen molar-refractivity contribution in [1.29, 1.82) is 0 Å². The average molecular weight is 327 g/mol. The molecule has 0 aliphatic heterocycles. The first kappa shape index (κ1) is 16.3. The molecule has 0 bridgehead atoms. The van der Waals surface area contributed by atoms with Gasteiger partial charge in [0, 0.05) is 11.6 Å². The normalized spacial score (nSPS) is 12.9. The zero-order valence-corrected chi connectivity index (χ0v) is 14.0. The van der Waals surface area contributed by atoms with Gasteiger partial charge in [0.1, 0.15) is 0 Å². The number of aromatic nitrogens is 2. The lowest BCUT2D eigenvalue weighted by Crippen LogP contribution is -2.23. The Balaban J connectivity index is 2.31. The quantitative estimate of drug-likeness (QED) is 0.918. The molecule has 0 saturated carbocycles. The van der Waals surface area contributed by atoms with Gasteiger partial charge < -0.3 is 10.6 Å². The average Bonchev–Trinajstić information content (AvgIpc) is 2.80. The summed E-state index contributed by atoms with van der Waals surface area (Å²) in [6.07, 6.45) is 1.65. The number of benzene rings is 1. The van der Waals surface area contributed by atoms with E-state index in [0.29, 0.717) is 5.02 Å². The summed E-state index contributed by atoms with van der Waals surface area (Å²) in [5.74, 6) is 0. The predicted molar refractivity (Wildman–Crippen MR) is 88.0 cm³/mol. The molecule has 2 rings (SSSR count). The maximum Gasteiger partial charge on any atom is 0.0837 e. The maximum absolute atomic E-state index is 6.39. The van der Waals surface area contributed by atoms with Crippen molar-refractivity contribution in [3.63, 3.8) is 0 Å². The molecule has 0 aliphatic rings. The highest BCUT2D eigenvalue weighted by Crippen LogP contribution is 2.28. The van der Waals surface area contributed by atoms with Crippen LogP contribution in [0.4, 0.5) is 0 Å². The second-order valence-corrected chi connectivity index (χ2v) is 6.20. The lowest BCUT2D eigenvalue weighted by molar-refractivity contribution is 0.368. The Bertz CT molecular complexity index is 622. The second-order valence-electron chi connectivity index (χ2n) is 5.39. The van der Waals surface area contributed by atoms with Crippen LogP contribution in [0.5, 0.6) is 0 Å². The number of halogens is 2. The molecule has 0 saturated heterocycles. The van der Waals surface area contributed by atoms with Gasteiger partial charge in [-0.25, -0.2) is 0 Å². The fraction of sp³-hybridized carbons (Fsp3) is 0.400. The van der Waals surface area contributed by atoms with Crippen molar-refractivity contribution in [3.8, 4) is 0 Å². The topological polar surface area (TPSA) is 47.1 Å². The van der Waals surface area contributed by atoms with Crippen molar-refractivity contribution in [2.45, 2.75) is 19.5 Å². The van der Waals surface area contributed by atoms with E-state index in [1.54, 1.807) is 6.20 Å². The van der Waals surface area contributed by atoms with E-state index in [1.807, 2.05) is 43.9 Å². The van der Waals surface area contributed by atoms with Crippen molar-refractivity contribution < 1.29 is 0 Å². The summed E-state index contributed by atoms with van der Waals surface area (Å²) in [5, 5.41) is 5.65. The Morgan fingerprint density at radius 1 is 1.29 bits per heavy atom. The van der Waals surface area contributed by atoms with Gasteiger partial charge in [-0.15, -0.1) is 0 Å². The minimum absolute atomic E-state index is 0.321. The third kappa shape index (κ3) is 3.77. The molecule has 114 valence electrons. The largest absolute Gasteiger partial charge is 0.319 e. The van der Waals surface area contributed by atoms with Gasteiger partial charge in [-0.1, -0.05) is 35.3 Å². The molecule has 4 nitrogen and oxygen atoms in total. The standard InChI is InChI=1S/C15H20Cl2N4/c1-10-8-11(4-5-12(10)16)14(18)15-13(17)9-19-21(15)7-6-20(2)3/h4-5,8-9,14H,6-7,18H2,1-3H3. The monoisotopic (exact) mass is 326 g/mol. The molecule has 1 atom stereocenters. The van der Waals surface area contributed by atoms with Crippen LogP contribution in [0.25, 0.3) is 0 Å². The van der Waals surface area contributed by atoms with Crippen molar-refractivity contribution in [3.05, 3.63) is 51.3 Å². The molecule has 1 unspecified atom stereocenters. The molecule has 2 aromatic rings. The van der Waals surface area contributed by atoms with E-state index in [2.05, 4.69) is 10.00 Å². The van der Waals surface area contributed by atoms with Gasteiger partial charge in [-0.05, 0) is 38.2 Å². The zero-order valence-electron chi connectivity index (χ0n) is 12.5. The van der Waals surface area contributed by atoms with Gasteiger partial charge in [0.2, 0.25) is 0 Å². The van der Waals surface area contributed by atoms with Crippen molar-refractivity contribution in [2.75, 3.05) is 20.6 Å². The minimum Gasteiger partial charge on any atom is -0.319 e. The smallest absolute Gasteiger partial charge is 0.0837 e. The molecule has 1 heterocycles. The molecule has 0 aliphatic carbocycles. The molecule has 2 N–H and O–H groups in total. The first-order valence-corrected chi connectivity index (χ1v) is 7.53. The summed E-state index contributed by atoms with van der Waals surface area (Å²) in [6, 6.07) is 5.46. The first-order valence-electron chi connectivity index (χ1n) is 6.77. The number of likely N-dealkylation sites (N-methyl/N-ethyl adjacent to an activating group) is 1. The number of nitrogens with two attached hydrogens (primary N) is 1. The minimum atomic E-state index is -0.321. The Morgan fingerprint density at radius 3 is 2.62 bits per heavy atom. The van der Waals surface area contributed by atoms with E-state index in [4.69, 9.17) is 28.9 Å². The first-order chi connectivity index (χ1) is 9.90. The number of hydrogen-bond acceptors (Lipinski definition) is 3. The molecule has 21 heavy (non-hydrogen) atoms. The van der Waals surface area contributed by atoms with E-state index in [0.717, 1.165) is 34.9 Å². The Morgan fingerprint density at radius 2 is 2.00 bits per heavy atom. The number of aryl methyl sites for hydroxylation is 1. The lowest BCUT2D eigenvalue weighted by atomic mass is 10.0. The van der Waals surface area contributed by atoms with Gasteiger partial charge in [0.15, 0.2) is 0 Å². The van der Waals surface area contributed by atoms with E-state index in [-0.39, 0.29) is 6.04 Å². The van der Waals surface area contributed by atoms with E-state index >= 15 is 0 Å². The van der Waals surface area contributed by atoms with Crippen LogP contribution in [0.15, 0.2) is 24.4 Å². The summed E-state index contributed by atoms with van der Waals surface area (Å²) in [4.78, 5) is 2.09. The van der Waals surface area contributed by atoms with E-state index < -0.39 is 0 Å². The summed E-state index contributed by atoms with van der Waals surface area (Å²) in [6.45, 7) is 3.58. The third-order valence-corrected chi connectivity index (χ3v) is 4.14. The molecule has 0 fully saturated rings. The number of hydrogen-bond donors (Lipinski definition) is 1. The van der Waals surface area contributed by atoms with Crippen LogP contribution < -0.4 is 5.73 Å². The van der Waals surface area contributed by atoms with Crippen LogP contribution in [-0.4, -0.2) is 35.3 Å². The van der Waals surface area contributed by atoms with Gasteiger partial charge >= 0.3 is 0 Å². The van der Waals surface area contributed by atoms with Crippen LogP contribution >= 0.6 is 23.2 Å². The van der Waals surface area contributed by atoms with Gasteiger partial charge in [0.25, 0.3) is 0 Å². The third-order valence-electron chi connectivity index (χ3n) is 3.43. The number of nitrogens with zero attached hydrogens (tertiary/aromatic N) is 3. The summed E-state index contributed by atoms with van der Waals surface area (Å²) < 4.78 is 1.87. The molecule has 0 amide bonds. The van der Waals surface area contributed by atoms with E-state index in [9.17, 15) is 0 Å². The highest BCUT2D eigenvalue weighted by molar-refractivity contribution is 6.31. The summed E-state index contributed by atoms with van der Waals surface area (Å²) in [7, 11) is 4.04. The lowest BCUT2D eigenvalue weighted by Gasteiger charge is -2.17. The Hall–Kier alpha value is -1.07. The fourth-order valence-electron chi connectivity index (χ4n) is 2.17. The van der Waals surface area contributed by atoms with Crippen molar-refractivity contribution >= 4 is 23.2 Å².